The maximum atomic E-state index is 8.27. The van der Waals surface area contributed by atoms with Crippen molar-refractivity contribution < 1.29 is 22.8 Å². The molecule has 0 saturated carbocycles. The van der Waals surface area contributed by atoms with Crippen LogP contribution in [0.2, 0.25) is 0 Å². The van der Waals surface area contributed by atoms with Crippen molar-refractivity contribution in [1.29, 1.82) is 0 Å². The van der Waals surface area contributed by atoms with Crippen molar-refractivity contribution in [2.75, 3.05) is 26.9 Å². The Morgan fingerprint density at radius 1 is 0.611 bits per heavy atom. The summed E-state index contributed by atoms with van der Waals surface area (Å²) >= 11 is 0. The van der Waals surface area contributed by atoms with Gasteiger partial charge in [0.1, 0.15) is 11.7 Å². The van der Waals surface area contributed by atoms with Gasteiger partial charge < -0.3 is 22.8 Å². The Bertz CT molecular complexity index is 1800. The van der Waals surface area contributed by atoms with E-state index in [4.69, 9.17) is 22.8 Å². The molecule has 1 aliphatic heterocycles. The molecule has 0 aliphatic carbocycles. The predicted molar refractivity (Wildman–Crippen MR) is 218 cm³/mol. The molecule has 0 bridgehead atoms. The van der Waals surface area contributed by atoms with Crippen molar-refractivity contribution in [3.63, 3.8) is 0 Å². The quantitative estimate of drug-likeness (QED) is 0.0472. The summed E-state index contributed by atoms with van der Waals surface area (Å²) in [4.78, 5) is 0. The molecule has 6 heteroatoms. The van der Waals surface area contributed by atoms with E-state index in [0.29, 0.717) is 13.2 Å². The van der Waals surface area contributed by atoms with Gasteiger partial charge in [-0.1, -0.05) is 182 Å². The smallest absolute Gasteiger partial charge is 0.379 e. The van der Waals surface area contributed by atoms with Crippen molar-refractivity contribution in [3.05, 3.63) is 210 Å². The van der Waals surface area contributed by atoms with Crippen molar-refractivity contribution in [2.24, 2.45) is 0 Å². The van der Waals surface area contributed by atoms with E-state index in [1.54, 1.807) is 7.11 Å². The van der Waals surface area contributed by atoms with E-state index in [-0.39, 0.29) is 24.0 Å². The molecule has 54 heavy (non-hydrogen) atoms. The Balaban J connectivity index is 1.49. The Hall–Kier alpha value is -4.66. The SMILES string of the molecule is CO[Si](OC(C)CCCOCC1CO1)(OC(c1ccccc1)(C(c1ccccc1)c1ccccc1)C(c1ccccc1)c1ccccc1)c1ccccc1. The Morgan fingerprint density at radius 3 is 1.43 bits per heavy atom. The number of benzene rings is 6. The van der Waals surface area contributed by atoms with Crippen molar-refractivity contribution in [3.8, 4) is 0 Å². The van der Waals surface area contributed by atoms with Crippen LogP contribution >= 0.6 is 0 Å². The fourth-order valence-corrected chi connectivity index (χ4v) is 10.5. The number of hydrogen-bond donors (Lipinski definition) is 0. The highest BCUT2D eigenvalue weighted by Crippen LogP contribution is 2.56. The third-order valence-corrected chi connectivity index (χ3v) is 13.2. The van der Waals surface area contributed by atoms with E-state index in [1.807, 2.05) is 18.2 Å². The van der Waals surface area contributed by atoms with Crippen LogP contribution in [-0.4, -0.2) is 47.9 Å². The minimum Gasteiger partial charge on any atom is -0.379 e. The van der Waals surface area contributed by atoms with E-state index in [0.717, 1.165) is 52.5 Å². The molecule has 276 valence electrons. The number of hydrogen-bond acceptors (Lipinski definition) is 5. The molecule has 0 N–H and O–H groups in total. The van der Waals surface area contributed by atoms with E-state index in [1.165, 1.54) is 0 Å². The molecule has 7 rings (SSSR count). The second kappa shape index (κ2) is 18.1. The van der Waals surface area contributed by atoms with Gasteiger partial charge in [-0.2, -0.15) is 0 Å². The van der Waals surface area contributed by atoms with E-state index in [9.17, 15) is 0 Å². The maximum Gasteiger partial charge on any atom is 0.537 e. The molecule has 0 radical (unpaired) electrons. The van der Waals surface area contributed by atoms with Gasteiger partial charge in [0.15, 0.2) is 0 Å². The molecule has 1 fully saturated rings. The lowest BCUT2D eigenvalue weighted by atomic mass is 9.63. The zero-order chi connectivity index (χ0) is 37.1. The van der Waals surface area contributed by atoms with Gasteiger partial charge in [-0.05, 0) is 47.6 Å². The first kappa shape index (κ1) is 37.6. The molecule has 3 atom stereocenters. The van der Waals surface area contributed by atoms with Crippen molar-refractivity contribution in [1.82, 2.24) is 0 Å². The van der Waals surface area contributed by atoms with Gasteiger partial charge in [-0.25, -0.2) is 0 Å². The second-order valence-corrected chi connectivity index (χ2v) is 16.5. The molecular formula is C48H50O5Si. The molecule has 0 spiro atoms. The Labute approximate surface area is 321 Å². The summed E-state index contributed by atoms with van der Waals surface area (Å²) in [5.41, 5.74) is 4.42. The maximum absolute atomic E-state index is 8.27. The highest BCUT2D eigenvalue weighted by molar-refractivity contribution is 6.75. The number of ether oxygens (including phenoxy) is 2. The molecule has 0 amide bonds. The highest BCUT2D eigenvalue weighted by atomic mass is 28.4. The van der Waals surface area contributed by atoms with Gasteiger partial charge in [0.2, 0.25) is 0 Å². The predicted octanol–water partition coefficient (Wildman–Crippen LogP) is 9.66. The molecule has 1 heterocycles. The summed E-state index contributed by atoms with van der Waals surface area (Å²) in [5.74, 6) is -0.620. The summed E-state index contributed by atoms with van der Waals surface area (Å²) in [5, 5.41) is 0.904. The van der Waals surface area contributed by atoms with Crippen LogP contribution in [0.1, 0.15) is 59.4 Å². The van der Waals surface area contributed by atoms with Crippen molar-refractivity contribution >= 4 is 14.0 Å². The average molecular weight is 735 g/mol. The number of epoxide rings is 1. The zero-order valence-electron chi connectivity index (χ0n) is 31.2. The van der Waals surface area contributed by atoms with Crippen LogP contribution in [0, 0.1) is 0 Å². The zero-order valence-corrected chi connectivity index (χ0v) is 32.2. The summed E-state index contributed by atoms with van der Waals surface area (Å²) in [6.07, 6.45) is 1.67. The summed E-state index contributed by atoms with van der Waals surface area (Å²) in [7, 11) is -2.07. The van der Waals surface area contributed by atoms with Crippen LogP contribution in [0.25, 0.3) is 0 Å². The number of rotatable bonds is 19. The largest absolute Gasteiger partial charge is 0.537 e. The lowest BCUT2D eigenvalue weighted by Crippen LogP contribution is -2.63. The van der Waals surface area contributed by atoms with Gasteiger partial charge in [0.25, 0.3) is 0 Å². The van der Waals surface area contributed by atoms with Crippen LogP contribution in [0.4, 0.5) is 0 Å². The topological polar surface area (TPSA) is 49.5 Å². The van der Waals surface area contributed by atoms with Gasteiger partial charge in [-0.3, -0.25) is 0 Å². The fourth-order valence-electron chi connectivity index (χ4n) is 7.73. The van der Waals surface area contributed by atoms with Crippen LogP contribution in [0.15, 0.2) is 182 Å². The third-order valence-electron chi connectivity index (χ3n) is 10.3. The normalized spacial score (nSPS) is 15.9. The summed E-state index contributed by atoms with van der Waals surface area (Å²) in [6, 6.07) is 64.1. The lowest BCUT2D eigenvalue weighted by Gasteiger charge is -2.51. The third kappa shape index (κ3) is 8.66. The Morgan fingerprint density at radius 2 is 1.02 bits per heavy atom. The van der Waals surface area contributed by atoms with E-state index < -0.39 is 14.4 Å². The molecule has 3 unspecified atom stereocenters. The monoisotopic (exact) mass is 734 g/mol. The summed E-state index contributed by atoms with van der Waals surface area (Å²) < 4.78 is 33.7. The fraction of sp³-hybridized carbons (Fsp3) is 0.250. The van der Waals surface area contributed by atoms with E-state index in [2.05, 4.69) is 171 Å². The van der Waals surface area contributed by atoms with Gasteiger partial charge in [0, 0.05) is 36.8 Å². The van der Waals surface area contributed by atoms with E-state index >= 15 is 0 Å². The standard InChI is InChI=1S/C48H50O5Si/c1-38(22-21-35-50-36-44-37-51-44)52-54(49-2,45-33-19-8-20-34-45)53-48(43-31-17-7-18-32-43,46(39-23-9-3-10-24-39)40-25-11-4-12-26-40)47(41-27-13-5-14-28-41)42-29-15-6-16-30-42/h3-20,23-34,38,44,46-47H,21-22,35-37H2,1-2H3. The van der Waals surface area contributed by atoms with Crippen molar-refractivity contribution in [2.45, 2.75) is 49.4 Å². The molecule has 1 saturated heterocycles. The second-order valence-electron chi connectivity index (χ2n) is 14.0. The average Bonchev–Trinajstić information content (AvgIpc) is 4.07. The highest BCUT2D eigenvalue weighted by Gasteiger charge is 2.59. The lowest BCUT2D eigenvalue weighted by molar-refractivity contribution is -0.0538. The molecular weight excluding hydrogens is 685 g/mol. The molecule has 1 aliphatic rings. The molecule has 5 nitrogen and oxygen atoms in total. The first-order valence-electron chi connectivity index (χ1n) is 19.1. The minimum atomic E-state index is -3.82. The first-order valence-corrected chi connectivity index (χ1v) is 20.8. The molecule has 6 aromatic carbocycles. The van der Waals surface area contributed by atoms with Crippen LogP contribution in [0.3, 0.4) is 0 Å². The van der Waals surface area contributed by atoms with Gasteiger partial charge in [-0.15, -0.1) is 0 Å². The van der Waals surface area contributed by atoms with Gasteiger partial charge in [0.05, 0.1) is 13.2 Å². The van der Waals surface area contributed by atoms with Crippen LogP contribution in [0.5, 0.6) is 0 Å². The minimum absolute atomic E-state index is 0.190. The molecule has 0 aromatic heterocycles. The summed E-state index contributed by atoms with van der Waals surface area (Å²) in [6.45, 7) is 4.20. The van der Waals surface area contributed by atoms with Gasteiger partial charge >= 0.3 is 8.80 Å². The Kier molecular flexibility index (Phi) is 12.6. The van der Waals surface area contributed by atoms with Crippen LogP contribution in [-0.2, 0) is 28.4 Å². The van der Waals surface area contributed by atoms with Crippen LogP contribution < -0.4 is 5.19 Å². The first-order chi connectivity index (χ1) is 26.6. The molecule has 6 aromatic rings.